The Kier molecular flexibility index (Phi) is 18.7. The number of unbranched alkanes of at least 4 members (excludes halogenated alkanes) is 4. The second kappa shape index (κ2) is 21.6. The predicted molar refractivity (Wildman–Crippen MR) is 167 cm³/mol. The largest absolute Gasteiger partial charge is 0.463 e. The monoisotopic (exact) mass is 634 g/mol. The van der Waals surface area contributed by atoms with Gasteiger partial charge in [0, 0.05) is 12.8 Å². The minimum Gasteiger partial charge on any atom is -0.463 e. The Balaban J connectivity index is 3.19. The average molecular weight is 635 g/mol. The van der Waals surface area contributed by atoms with Crippen LogP contribution in [0.3, 0.4) is 0 Å². The number of ether oxygens (including phenoxy) is 1. The van der Waals surface area contributed by atoms with Crippen molar-refractivity contribution in [3.63, 3.8) is 0 Å². The molecular weight excluding hydrogens is 584 g/mol. The fourth-order valence-electron chi connectivity index (χ4n) is 4.35. The summed E-state index contributed by atoms with van der Waals surface area (Å²) in [4.78, 5) is 76.1. The van der Waals surface area contributed by atoms with Crippen molar-refractivity contribution in [3.8, 4) is 0 Å². The van der Waals surface area contributed by atoms with Gasteiger partial charge >= 0.3 is 5.97 Å². The minimum absolute atomic E-state index is 0.0234. The molecule has 0 fully saturated rings. The number of nitrogens with one attached hydrogen (secondary N) is 4. The molecule has 252 valence electrons. The zero-order valence-electron chi connectivity index (χ0n) is 26.5. The predicted octanol–water partition coefficient (Wildman–Crippen LogP) is -0.446. The molecule has 0 bridgehead atoms. The van der Waals surface area contributed by atoms with Gasteiger partial charge in [0.05, 0.1) is 13.2 Å². The molecule has 5 amide bonds. The van der Waals surface area contributed by atoms with Gasteiger partial charge in [-0.05, 0) is 24.3 Å². The van der Waals surface area contributed by atoms with E-state index in [4.69, 9.17) is 16.2 Å². The molecule has 0 aromatic heterocycles. The van der Waals surface area contributed by atoms with E-state index in [2.05, 4.69) is 28.2 Å². The summed E-state index contributed by atoms with van der Waals surface area (Å²) >= 11 is 0. The van der Waals surface area contributed by atoms with E-state index in [0.717, 1.165) is 25.7 Å². The Morgan fingerprint density at radius 3 is 1.96 bits per heavy atom. The topological polar surface area (TPSA) is 232 Å². The molecule has 14 heteroatoms. The van der Waals surface area contributed by atoms with Gasteiger partial charge in [-0.2, -0.15) is 0 Å². The van der Waals surface area contributed by atoms with Gasteiger partial charge in [-0.1, -0.05) is 76.8 Å². The molecular formula is C31H50N6O8. The number of carbonyl (C=O) groups excluding carboxylic acids is 6. The third kappa shape index (κ3) is 16.0. The first-order valence-electron chi connectivity index (χ1n) is 15.4. The summed E-state index contributed by atoms with van der Waals surface area (Å²) in [6, 6.07) is 3.65. The molecule has 0 radical (unpaired) electrons. The summed E-state index contributed by atoms with van der Waals surface area (Å²) in [6.45, 7) is 3.98. The highest BCUT2D eigenvalue weighted by Crippen LogP contribution is 2.09. The minimum atomic E-state index is -1.50. The van der Waals surface area contributed by atoms with Gasteiger partial charge in [0.2, 0.25) is 29.5 Å². The first kappa shape index (κ1) is 39.0. The molecule has 1 aromatic carbocycles. The lowest BCUT2D eigenvalue weighted by Crippen LogP contribution is -2.60. The van der Waals surface area contributed by atoms with Crippen LogP contribution in [0.4, 0.5) is 0 Å². The Bertz CT molecular complexity index is 1100. The highest BCUT2D eigenvalue weighted by atomic mass is 16.5. The molecule has 0 heterocycles. The number of carbonyl (C=O) groups is 6. The lowest BCUT2D eigenvalue weighted by Gasteiger charge is -2.26. The van der Waals surface area contributed by atoms with Gasteiger partial charge in [-0.25, -0.2) is 0 Å². The molecule has 0 saturated heterocycles. The summed E-state index contributed by atoms with van der Waals surface area (Å²) in [5.74, 6) is -4.50. The van der Waals surface area contributed by atoms with E-state index in [1.54, 1.807) is 30.3 Å². The normalized spacial score (nSPS) is 13.6. The van der Waals surface area contributed by atoms with Crippen molar-refractivity contribution in [2.24, 2.45) is 17.4 Å². The van der Waals surface area contributed by atoms with Crippen molar-refractivity contribution >= 4 is 35.5 Å². The molecule has 1 unspecified atom stereocenters. The summed E-state index contributed by atoms with van der Waals surface area (Å²) in [5.41, 5.74) is 11.5. The lowest BCUT2D eigenvalue weighted by molar-refractivity contribution is -0.147. The van der Waals surface area contributed by atoms with Crippen molar-refractivity contribution < 1.29 is 38.6 Å². The second-order valence-electron chi connectivity index (χ2n) is 11.3. The molecule has 0 aliphatic carbocycles. The highest BCUT2D eigenvalue weighted by molar-refractivity contribution is 5.95. The van der Waals surface area contributed by atoms with Crippen molar-refractivity contribution in [1.82, 2.24) is 21.3 Å². The number of benzene rings is 1. The quantitative estimate of drug-likeness (QED) is 0.0646. The molecule has 0 aliphatic rings. The number of aliphatic hydroxyl groups excluding tert-OH is 1. The molecule has 1 aromatic rings. The highest BCUT2D eigenvalue weighted by Gasteiger charge is 2.32. The van der Waals surface area contributed by atoms with E-state index in [0.29, 0.717) is 12.0 Å². The van der Waals surface area contributed by atoms with Crippen LogP contribution in [0.25, 0.3) is 0 Å². The summed E-state index contributed by atoms with van der Waals surface area (Å²) in [5, 5.41) is 19.5. The second-order valence-corrected chi connectivity index (χ2v) is 11.3. The average Bonchev–Trinajstić information content (AvgIpc) is 3.00. The standard InChI is InChI=1S/C31H50N6O8/c1-4-5-6-7-11-14-27(40)45-19-25(37-30(43)24(18-38)34-26(39)17-32)31(44)36-23(16-21-12-9-8-10-13-21)29(42)35-22(28(33)41)15-20(2)3/h8-10,12-13,20,22-25,38H,4-7,11,14-19,32H2,1-3H3,(H2,33,41)(H,34,39)(H,35,42)(H,36,44)(H,37,43)/t22-,23-,24-,25?/m0/s1. The summed E-state index contributed by atoms with van der Waals surface area (Å²) in [6.07, 6.45) is 4.91. The van der Waals surface area contributed by atoms with Gasteiger partial charge in [-0.15, -0.1) is 0 Å². The molecule has 9 N–H and O–H groups in total. The number of esters is 1. The molecule has 1 rings (SSSR count). The lowest BCUT2D eigenvalue weighted by atomic mass is 10.0. The number of hydrogen-bond donors (Lipinski definition) is 7. The number of rotatable bonds is 22. The van der Waals surface area contributed by atoms with Crippen LogP contribution in [-0.4, -0.2) is 84.5 Å². The van der Waals surface area contributed by atoms with Crippen LogP contribution in [0.5, 0.6) is 0 Å². The summed E-state index contributed by atoms with van der Waals surface area (Å²) in [7, 11) is 0. The molecule has 4 atom stereocenters. The van der Waals surface area contributed by atoms with Crippen molar-refractivity contribution in [3.05, 3.63) is 35.9 Å². The fourth-order valence-corrected chi connectivity index (χ4v) is 4.35. The number of amides is 5. The summed E-state index contributed by atoms with van der Waals surface area (Å²) < 4.78 is 5.30. The first-order chi connectivity index (χ1) is 21.4. The van der Waals surface area contributed by atoms with Gasteiger partial charge in [0.1, 0.15) is 30.8 Å². The number of aliphatic hydroxyl groups is 1. The number of primary amides is 1. The Labute approximate surface area is 264 Å². The fraction of sp³-hybridized carbons (Fsp3) is 0.613. The zero-order chi connectivity index (χ0) is 33.8. The van der Waals surface area contributed by atoms with E-state index < -0.39 is 79.4 Å². The molecule has 45 heavy (non-hydrogen) atoms. The van der Waals surface area contributed by atoms with Gasteiger partial charge < -0.3 is 42.6 Å². The third-order valence-electron chi connectivity index (χ3n) is 6.83. The molecule has 0 saturated carbocycles. The zero-order valence-corrected chi connectivity index (χ0v) is 26.5. The maximum atomic E-state index is 13.6. The molecule has 14 nitrogen and oxygen atoms in total. The maximum absolute atomic E-state index is 13.6. The van der Waals surface area contributed by atoms with Crippen LogP contribution >= 0.6 is 0 Å². The Morgan fingerprint density at radius 2 is 1.38 bits per heavy atom. The van der Waals surface area contributed by atoms with Gasteiger partial charge in [0.15, 0.2) is 0 Å². The third-order valence-corrected chi connectivity index (χ3v) is 6.83. The van der Waals surface area contributed by atoms with Crippen LogP contribution in [0.15, 0.2) is 30.3 Å². The van der Waals surface area contributed by atoms with E-state index in [9.17, 15) is 33.9 Å². The number of hydrogen-bond acceptors (Lipinski definition) is 9. The van der Waals surface area contributed by atoms with Crippen LogP contribution < -0.4 is 32.7 Å². The van der Waals surface area contributed by atoms with Crippen molar-refractivity contribution in [1.29, 1.82) is 0 Å². The van der Waals surface area contributed by atoms with E-state index in [-0.39, 0.29) is 25.2 Å². The van der Waals surface area contributed by atoms with Crippen LogP contribution in [0.1, 0.15) is 71.3 Å². The first-order valence-corrected chi connectivity index (χ1v) is 15.4. The van der Waals surface area contributed by atoms with E-state index in [1.165, 1.54) is 0 Å². The van der Waals surface area contributed by atoms with Crippen LogP contribution in [-0.2, 0) is 39.9 Å². The van der Waals surface area contributed by atoms with Gasteiger partial charge in [-0.3, -0.25) is 28.8 Å². The Hall–Kier alpha value is -4.04. The van der Waals surface area contributed by atoms with E-state index in [1.807, 2.05) is 13.8 Å². The van der Waals surface area contributed by atoms with Crippen LogP contribution in [0.2, 0.25) is 0 Å². The Morgan fingerprint density at radius 1 is 0.800 bits per heavy atom. The maximum Gasteiger partial charge on any atom is 0.305 e. The smallest absolute Gasteiger partial charge is 0.305 e. The van der Waals surface area contributed by atoms with Gasteiger partial charge in [0.25, 0.3) is 0 Å². The van der Waals surface area contributed by atoms with Crippen molar-refractivity contribution in [2.45, 2.75) is 96.3 Å². The molecule has 0 spiro atoms. The van der Waals surface area contributed by atoms with Crippen LogP contribution in [0, 0.1) is 5.92 Å². The van der Waals surface area contributed by atoms with Crippen molar-refractivity contribution in [2.75, 3.05) is 19.8 Å². The SMILES string of the molecule is CCCCCCCC(=O)OCC(NC(=O)[C@H](CO)NC(=O)CN)C(=O)N[C@@H](Cc1ccccc1)C(=O)N[C@@H](CC(C)C)C(N)=O. The molecule has 0 aliphatic heterocycles. The number of nitrogens with two attached hydrogens (primary N) is 2. The van der Waals surface area contributed by atoms with E-state index >= 15 is 0 Å².